The Morgan fingerprint density at radius 1 is 1.07 bits per heavy atom. The van der Waals surface area contributed by atoms with Gasteiger partial charge in [-0.2, -0.15) is 0 Å². The molecule has 0 atom stereocenters. The Morgan fingerprint density at radius 3 is 2.86 bits per heavy atom. The van der Waals surface area contributed by atoms with Gasteiger partial charge in [0, 0.05) is 42.0 Å². The van der Waals surface area contributed by atoms with Crippen LogP contribution in [0.2, 0.25) is 0 Å². The summed E-state index contributed by atoms with van der Waals surface area (Å²) in [5.41, 5.74) is 6.28. The summed E-state index contributed by atoms with van der Waals surface area (Å²) >= 11 is 0. The molecule has 2 aromatic carbocycles. The molecule has 2 aromatic heterocycles. The lowest BCUT2D eigenvalue weighted by atomic mass is 9.95. The molecule has 5 rings (SSSR count). The van der Waals surface area contributed by atoms with Crippen LogP contribution in [0, 0.1) is 0 Å². The van der Waals surface area contributed by atoms with Crippen LogP contribution in [0.15, 0.2) is 61.2 Å². The van der Waals surface area contributed by atoms with Gasteiger partial charge in [0.2, 0.25) is 0 Å². The van der Waals surface area contributed by atoms with Gasteiger partial charge in [0.25, 0.3) is 0 Å². The summed E-state index contributed by atoms with van der Waals surface area (Å²) in [7, 11) is 1.98. The molecule has 4 aromatic rings. The van der Waals surface area contributed by atoms with E-state index in [4.69, 9.17) is 0 Å². The highest BCUT2D eigenvalue weighted by Gasteiger charge is 2.14. The summed E-state index contributed by atoms with van der Waals surface area (Å²) in [4.78, 5) is 21.6. The van der Waals surface area contributed by atoms with Gasteiger partial charge in [-0.05, 0) is 47.7 Å². The Morgan fingerprint density at radius 2 is 2.00 bits per heavy atom. The summed E-state index contributed by atoms with van der Waals surface area (Å²) in [5, 5.41) is 5.51. The first kappa shape index (κ1) is 17.8. The third-order valence-corrected chi connectivity index (χ3v) is 5.65. The monoisotopic (exact) mass is 382 g/mol. The third kappa shape index (κ3) is 3.45. The number of benzene rings is 2. The van der Waals surface area contributed by atoms with Crippen LogP contribution in [-0.4, -0.2) is 26.9 Å². The predicted molar refractivity (Wildman–Crippen MR) is 114 cm³/mol. The van der Waals surface area contributed by atoms with Gasteiger partial charge in [0.15, 0.2) is 5.78 Å². The summed E-state index contributed by atoms with van der Waals surface area (Å²) < 4.78 is 2.00. The highest BCUT2D eigenvalue weighted by molar-refractivity contribution is 5.98. The second-order valence-electron chi connectivity index (χ2n) is 7.64. The fraction of sp³-hybridized carbons (Fsp3) is 0.208. The Labute approximate surface area is 169 Å². The van der Waals surface area contributed by atoms with Gasteiger partial charge >= 0.3 is 0 Å². The van der Waals surface area contributed by atoms with Crippen molar-refractivity contribution in [1.29, 1.82) is 0 Å². The molecule has 5 heteroatoms. The SMILES string of the molecule is Cn1cncc1-c1ccc2cnc(CC(=O)c3ccc4c(c3)CNCC4)cc2c1. The summed E-state index contributed by atoms with van der Waals surface area (Å²) in [6.07, 6.45) is 6.83. The van der Waals surface area contributed by atoms with E-state index in [0.717, 1.165) is 52.8 Å². The topological polar surface area (TPSA) is 59.8 Å². The number of carbonyl (C=O) groups excluding carboxylic acids is 1. The zero-order valence-electron chi connectivity index (χ0n) is 16.4. The number of imidazole rings is 1. The largest absolute Gasteiger partial charge is 0.334 e. The van der Waals surface area contributed by atoms with Crippen molar-refractivity contribution in [3.05, 3.63) is 83.6 Å². The Balaban J connectivity index is 1.42. The van der Waals surface area contributed by atoms with Crippen LogP contribution >= 0.6 is 0 Å². The minimum Gasteiger partial charge on any atom is -0.334 e. The molecule has 0 saturated heterocycles. The molecule has 1 aliphatic heterocycles. The van der Waals surface area contributed by atoms with Crippen molar-refractivity contribution in [2.24, 2.45) is 7.05 Å². The molecule has 1 N–H and O–H groups in total. The molecule has 0 spiro atoms. The van der Waals surface area contributed by atoms with Crippen molar-refractivity contribution >= 4 is 16.6 Å². The summed E-state index contributed by atoms with van der Waals surface area (Å²) in [6.45, 7) is 1.84. The van der Waals surface area contributed by atoms with E-state index in [0.29, 0.717) is 6.42 Å². The van der Waals surface area contributed by atoms with Crippen LogP contribution < -0.4 is 5.32 Å². The molecule has 0 fully saturated rings. The second kappa shape index (κ2) is 7.26. The van der Waals surface area contributed by atoms with E-state index in [1.807, 2.05) is 42.2 Å². The Hall–Kier alpha value is -3.31. The van der Waals surface area contributed by atoms with Crippen molar-refractivity contribution in [3.63, 3.8) is 0 Å². The number of carbonyl (C=O) groups is 1. The van der Waals surface area contributed by atoms with E-state index in [1.54, 1.807) is 6.33 Å². The molecule has 0 saturated carbocycles. The lowest BCUT2D eigenvalue weighted by molar-refractivity contribution is 0.0992. The van der Waals surface area contributed by atoms with Crippen LogP contribution in [0.5, 0.6) is 0 Å². The van der Waals surface area contributed by atoms with E-state index >= 15 is 0 Å². The van der Waals surface area contributed by atoms with Crippen molar-refractivity contribution in [2.75, 3.05) is 6.54 Å². The Kier molecular flexibility index (Phi) is 4.45. The highest BCUT2D eigenvalue weighted by atomic mass is 16.1. The normalized spacial score (nSPS) is 13.4. The highest BCUT2D eigenvalue weighted by Crippen LogP contribution is 2.24. The zero-order valence-corrected chi connectivity index (χ0v) is 16.4. The number of fused-ring (bicyclic) bond motifs is 2. The smallest absolute Gasteiger partial charge is 0.168 e. The maximum Gasteiger partial charge on any atom is 0.168 e. The number of aromatic nitrogens is 3. The molecule has 0 amide bonds. The minimum atomic E-state index is 0.105. The molecule has 5 nitrogen and oxygen atoms in total. The average Bonchev–Trinajstić information content (AvgIpc) is 3.18. The average molecular weight is 382 g/mol. The quantitative estimate of drug-likeness (QED) is 0.547. The first-order valence-corrected chi connectivity index (χ1v) is 9.88. The van der Waals surface area contributed by atoms with Crippen LogP contribution in [0.1, 0.15) is 27.2 Å². The van der Waals surface area contributed by atoms with Gasteiger partial charge in [-0.25, -0.2) is 4.98 Å². The maximum absolute atomic E-state index is 12.9. The van der Waals surface area contributed by atoms with Gasteiger partial charge in [0.1, 0.15) is 0 Å². The number of hydrogen-bond donors (Lipinski definition) is 1. The van der Waals surface area contributed by atoms with Crippen molar-refractivity contribution in [1.82, 2.24) is 19.9 Å². The number of nitrogens with one attached hydrogen (secondary N) is 1. The molecule has 29 heavy (non-hydrogen) atoms. The van der Waals surface area contributed by atoms with E-state index in [2.05, 4.69) is 39.6 Å². The van der Waals surface area contributed by atoms with Crippen LogP contribution in [-0.2, 0) is 26.4 Å². The standard InChI is InChI=1S/C24H22N4O/c1-28-15-26-14-23(28)17-3-5-19-13-27-22(10-20(19)8-17)11-24(29)18-4-2-16-6-7-25-12-21(16)9-18/h2-5,8-10,13-15,25H,6-7,11-12H2,1H3. The number of rotatable bonds is 4. The van der Waals surface area contributed by atoms with E-state index in [-0.39, 0.29) is 5.78 Å². The van der Waals surface area contributed by atoms with Crippen LogP contribution in [0.4, 0.5) is 0 Å². The third-order valence-electron chi connectivity index (χ3n) is 5.65. The molecule has 0 aliphatic carbocycles. The molecule has 0 radical (unpaired) electrons. The number of pyridine rings is 1. The van der Waals surface area contributed by atoms with Gasteiger partial charge in [-0.15, -0.1) is 0 Å². The fourth-order valence-corrected chi connectivity index (χ4v) is 4.00. The first-order valence-electron chi connectivity index (χ1n) is 9.88. The maximum atomic E-state index is 12.9. The lowest BCUT2D eigenvalue weighted by Gasteiger charge is -2.17. The fourth-order valence-electron chi connectivity index (χ4n) is 4.00. The van der Waals surface area contributed by atoms with E-state index in [9.17, 15) is 4.79 Å². The molecule has 3 heterocycles. The predicted octanol–water partition coefficient (Wildman–Crippen LogP) is 3.71. The van der Waals surface area contributed by atoms with Crippen molar-refractivity contribution < 1.29 is 4.79 Å². The number of hydrogen-bond acceptors (Lipinski definition) is 4. The number of nitrogens with zero attached hydrogens (tertiary/aromatic N) is 3. The number of ketones is 1. The zero-order chi connectivity index (χ0) is 19.8. The first-order chi connectivity index (χ1) is 14.2. The van der Waals surface area contributed by atoms with E-state index in [1.165, 1.54) is 11.1 Å². The second-order valence-corrected chi connectivity index (χ2v) is 7.64. The summed E-state index contributed by atoms with van der Waals surface area (Å²) in [6, 6.07) is 14.4. The number of aryl methyl sites for hydroxylation is 1. The lowest BCUT2D eigenvalue weighted by Crippen LogP contribution is -2.24. The summed E-state index contributed by atoms with van der Waals surface area (Å²) in [5.74, 6) is 0.105. The van der Waals surface area contributed by atoms with Gasteiger partial charge in [0.05, 0.1) is 24.6 Å². The van der Waals surface area contributed by atoms with Gasteiger partial charge < -0.3 is 9.88 Å². The van der Waals surface area contributed by atoms with Gasteiger partial charge in [-0.3, -0.25) is 9.78 Å². The molecule has 0 unspecified atom stereocenters. The van der Waals surface area contributed by atoms with Gasteiger partial charge in [-0.1, -0.05) is 24.3 Å². The minimum absolute atomic E-state index is 0.105. The van der Waals surface area contributed by atoms with Crippen molar-refractivity contribution in [3.8, 4) is 11.3 Å². The molecule has 144 valence electrons. The van der Waals surface area contributed by atoms with Crippen LogP contribution in [0.3, 0.4) is 0 Å². The molecule has 0 bridgehead atoms. The molecular weight excluding hydrogens is 360 g/mol. The van der Waals surface area contributed by atoms with Crippen LogP contribution in [0.25, 0.3) is 22.0 Å². The Bertz CT molecular complexity index is 1220. The molecular formula is C24H22N4O. The van der Waals surface area contributed by atoms with E-state index < -0.39 is 0 Å². The number of Topliss-reactive ketones (excluding diaryl/α,β-unsaturated/α-hetero) is 1. The molecule has 1 aliphatic rings. The van der Waals surface area contributed by atoms with Crippen molar-refractivity contribution in [2.45, 2.75) is 19.4 Å².